The number of aromatic nitrogens is 1. The van der Waals surface area contributed by atoms with E-state index >= 15 is 0 Å². The lowest BCUT2D eigenvalue weighted by Gasteiger charge is -2.31. The van der Waals surface area contributed by atoms with Crippen molar-refractivity contribution < 1.29 is 8.42 Å². The van der Waals surface area contributed by atoms with Gasteiger partial charge in [0.05, 0.1) is 20.9 Å². The molecule has 0 unspecified atom stereocenters. The van der Waals surface area contributed by atoms with Crippen LogP contribution in [0.1, 0.15) is 29.7 Å². The molecule has 0 spiro atoms. The third kappa shape index (κ3) is 4.53. The summed E-state index contributed by atoms with van der Waals surface area (Å²) in [6.45, 7) is 7.21. The molecule has 0 atom stereocenters. The van der Waals surface area contributed by atoms with E-state index in [1.807, 2.05) is 35.7 Å². The van der Waals surface area contributed by atoms with Gasteiger partial charge in [0, 0.05) is 29.1 Å². The fraction of sp³-hybridized carbons (Fsp3) is 0.261. The average Bonchev–Trinajstić information content (AvgIpc) is 3.26. The molecule has 8 heteroatoms. The van der Waals surface area contributed by atoms with E-state index in [4.69, 9.17) is 28.2 Å². The quantitative estimate of drug-likeness (QED) is 0.421. The zero-order valence-electron chi connectivity index (χ0n) is 17.0. The Bertz CT molecular complexity index is 1220. The van der Waals surface area contributed by atoms with Crippen LogP contribution < -0.4 is 4.90 Å². The van der Waals surface area contributed by atoms with Gasteiger partial charge in [0.15, 0.2) is 15.0 Å². The zero-order valence-corrected chi connectivity index (χ0v) is 20.2. The molecule has 4 rings (SSSR count). The number of hydrogen-bond donors (Lipinski definition) is 0. The second-order valence-corrected chi connectivity index (χ2v) is 11.5. The standard InChI is InChI=1S/C23H22Cl2N2O2S2/c1-15-12-22(20(25)13-19(15)24)31(28,29)18-8-10-27(11-9-18)23-26-21(14-30-23)16(2)17-6-4-3-5-7-17/h3-7,12-14,18H,2,8-11H2,1H3. The number of nitrogens with zero attached hydrogens (tertiary/aromatic N) is 2. The molecular formula is C23H22Cl2N2O2S2. The van der Waals surface area contributed by atoms with Crippen LogP contribution in [0.5, 0.6) is 0 Å². The smallest absolute Gasteiger partial charge is 0.185 e. The molecule has 1 fully saturated rings. The van der Waals surface area contributed by atoms with Crippen molar-refractivity contribution in [2.75, 3.05) is 18.0 Å². The van der Waals surface area contributed by atoms with Crippen molar-refractivity contribution in [1.29, 1.82) is 0 Å². The van der Waals surface area contributed by atoms with Crippen molar-refractivity contribution in [3.8, 4) is 0 Å². The predicted octanol–water partition coefficient (Wildman–Crippen LogP) is 6.26. The van der Waals surface area contributed by atoms with Crippen molar-refractivity contribution in [2.45, 2.75) is 29.9 Å². The van der Waals surface area contributed by atoms with Gasteiger partial charge in [-0.05, 0) is 43.0 Å². The van der Waals surface area contributed by atoms with E-state index in [1.54, 1.807) is 24.3 Å². The highest BCUT2D eigenvalue weighted by molar-refractivity contribution is 7.92. The van der Waals surface area contributed by atoms with Gasteiger partial charge >= 0.3 is 0 Å². The molecule has 0 aliphatic carbocycles. The van der Waals surface area contributed by atoms with Gasteiger partial charge in [-0.2, -0.15) is 0 Å². The lowest BCUT2D eigenvalue weighted by Crippen LogP contribution is -2.39. The highest BCUT2D eigenvalue weighted by Gasteiger charge is 2.33. The summed E-state index contributed by atoms with van der Waals surface area (Å²) in [6, 6.07) is 13.1. The molecule has 31 heavy (non-hydrogen) atoms. The van der Waals surface area contributed by atoms with E-state index < -0.39 is 15.1 Å². The maximum absolute atomic E-state index is 13.2. The number of anilines is 1. The van der Waals surface area contributed by atoms with E-state index in [0.29, 0.717) is 36.5 Å². The second kappa shape index (κ2) is 8.94. The van der Waals surface area contributed by atoms with E-state index in [0.717, 1.165) is 22.0 Å². The topological polar surface area (TPSA) is 50.3 Å². The molecule has 3 aromatic rings. The Labute approximate surface area is 197 Å². The Morgan fingerprint density at radius 3 is 2.48 bits per heavy atom. The Morgan fingerprint density at radius 2 is 1.81 bits per heavy atom. The second-order valence-electron chi connectivity index (χ2n) is 7.62. The molecule has 1 saturated heterocycles. The lowest BCUT2D eigenvalue weighted by atomic mass is 10.1. The first-order chi connectivity index (χ1) is 14.8. The lowest BCUT2D eigenvalue weighted by molar-refractivity contribution is 0.529. The zero-order chi connectivity index (χ0) is 22.2. The molecule has 0 amide bonds. The van der Waals surface area contributed by atoms with Crippen LogP contribution in [0.15, 0.2) is 59.3 Å². The Morgan fingerprint density at radius 1 is 1.13 bits per heavy atom. The molecular weight excluding hydrogens is 471 g/mol. The summed E-state index contributed by atoms with van der Waals surface area (Å²) < 4.78 is 26.4. The third-order valence-electron chi connectivity index (χ3n) is 5.59. The summed E-state index contributed by atoms with van der Waals surface area (Å²) in [5.41, 5.74) is 3.48. The summed E-state index contributed by atoms with van der Waals surface area (Å²) in [5, 5.41) is 3.07. The summed E-state index contributed by atoms with van der Waals surface area (Å²) in [5.74, 6) is 0. The third-order valence-corrected chi connectivity index (χ3v) is 9.63. The van der Waals surface area contributed by atoms with Crippen LogP contribution in [0.4, 0.5) is 5.13 Å². The molecule has 0 radical (unpaired) electrons. The monoisotopic (exact) mass is 492 g/mol. The van der Waals surface area contributed by atoms with Gasteiger partial charge in [0.2, 0.25) is 0 Å². The molecule has 1 aliphatic heterocycles. The molecule has 4 nitrogen and oxygen atoms in total. The van der Waals surface area contributed by atoms with Crippen LogP contribution in [0.2, 0.25) is 10.0 Å². The average molecular weight is 493 g/mol. The first-order valence-corrected chi connectivity index (χ1v) is 13.1. The van der Waals surface area contributed by atoms with Gasteiger partial charge in [-0.25, -0.2) is 13.4 Å². The minimum Gasteiger partial charge on any atom is -0.348 e. The summed E-state index contributed by atoms with van der Waals surface area (Å²) >= 11 is 13.9. The molecule has 2 heterocycles. The number of piperidine rings is 1. The van der Waals surface area contributed by atoms with E-state index in [1.165, 1.54) is 6.07 Å². The largest absolute Gasteiger partial charge is 0.348 e. The van der Waals surface area contributed by atoms with Crippen molar-refractivity contribution in [1.82, 2.24) is 4.98 Å². The number of rotatable bonds is 5. The van der Waals surface area contributed by atoms with Gasteiger partial charge < -0.3 is 4.90 Å². The van der Waals surface area contributed by atoms with Crippen molar-refractivity contribution in [2.24, 2.45) is 0 Å². The fourth-order valence-electron chi connectivity index (χ4n) is 3.72. The molecule has 2 aromatic carbocycles. The van der Waals surface area contributed by atoms with E-state index in [-0.39, 0.29) is 9.92 Å². The summed E-state index contributed by atoms with van der Waals surface area (Å²) in [7, 11) is -3.53. The van der Waals surface area contributed by atoms with E-state index in [9.17, 15) is 8.42 Å². The minimum absolute atomic E-state index is 0.171. The van der Waals surface area contributed by atoms with Crippen LogP contribution in [0, 0.1) is 6.92 Å². The minimum atomic E-state index is -3.53. The molecule has 1 aromatic heterocycles. The highest BCUT2D eigenvalue weighted by Crippen LogP contribution is 2.35. The van der Waals surface area contributed by atoms with Crippen molar-refractivity contribution in [3.63, 3.8) is 0 Å². The maximum Gasteiger partial charge on any atom is 0.185 e. The van der Waals surface area contributed by atoms with Gasteiger partial charge in [0.1, 0.15) is 0 Å². The molecule has 162 valence electrons. The number of benzene rings is 2. The maximum atomic E-state index is 13.2. The summed E-state index contributed by atoms with van der Waals surface area (Å²) in [4.78, 5) is 7.07. The van der Waals surface area contributed by atoms with Crippen molar-refractivity contribution >= 4 is 55.1 Å². The SMILES string of the molecule is C=C(c1ccccc1)c1csc(N2CCC(S(=O)(=O)c3cc(C)c(Cl)cc3Cl)CC2)n1. The number of thiazole rings is 1. The van der Waals surface area contributed by atoms with Gasteiger partial charge in [-0.3, -0.25) is 0 Å². The fourth-order valence-corrected chi connectivity index (χ4v) is 7.18. The Hall–Kier alpha value is -1.86. The van der Waals surface area contributed by atoms with Gasteiger partial charge in [-0.15, -0.1) is 11.3 Å². The Balaban J connectivity index is 1.46. The van der Waals surface area contributed by atoms with Crippen LogP contribution in [0.25, 0.3) is 5.57 Å². The number of aryl methyl sites for hydroxylation is 1. The summed E-state index contributed by atoms with van der Waals surface area (Å²) in [6.07, 6.45) is 1.05. The van der Waals surface area contributed by atoms with Crippen LogP contribution in [0.3, 0.4) is 0 Å². The number of hydrogen-bond acceptors (Lipinski definition) is 5. The predicted molar refractivity (Wildman–Crippen MR) is 130 cm³/mol. The van der Waals surface area contributed by atoms with Crippen LogP contribution >= 0.6 is 34.5 Å². The van der Waals surface area contributed by atoms with E-state index in [2.05, 4.69) is 11.5 Å². The van der Waals surface area contributed by atoms with Gasteiger partial charge in [-0.1, -0.05) is 60.1 Å². The van der Waals surface area contributed by atoms with Gasteiger partial charge in [0.25, 0.3) is 0 Å². The number of halogens is 2. The highest BCUT2D eigenvalue weighted by atomic mass is 35.5. The first-order valence-electron chi connectivity index (χ1n) is 9.92. The molecule has 0 N–H and O–H groups in total. The first kappa shape index (κ1) is 22.3. The normalized spacial score (nSPS) is 15.3. The van der Waals surface area contributed by atoms with Crippen LogP contribution in [-0.4, -0.2) is 31.7 Å². The molecule has 0 bridgehead atoms. The number of sulfone groups is 1. The molecule has 1 aliphatic rings. The van der Waals surface area contributed by atoms with Crippen molar-refractivity contribution in [3.05, 3.63) is 81.3 Å². The Kier molecular flexibility index (Phi) is 6.44. The molecule has 0 saturated carbocycles. The van der Waals surface area contributed by atoms with Crippen LogP contribution in [-0.2, 0) is 9.84 Å².